The quantitative estimate of drug-likeness (QED) is 0.893. The first-order valence-corrected chi connectivity index (χ1v) is 7.26. The zero-order chi connectivity index (χ0) is 12.8. The molecule has 98 valence electrons. The molecule has 1 saturated heterocycles. The van der Waals surface area contributed by atoms with Gasteiger partial charge < -0.3 is 10.6 Å². The summed E-state index contributed by atoms with van der Waals surface area (Å²) in [6.07, 6.45) is 5.13. The van der Waals surface area contributed by atoms with Crippen LogP contribution in [0.3, 0.4) is 0 Å². The van der Waals surface area contributed by atoms with Crippen LogP contribution in [0.25, 0.3) is 10.9 Å². The zero-order valence-electron chi connectivity index (χ0n) is 11.1. The van der Waals surface area contributed by atoms with Gasteiger partial charge in [-0.25, -0.2) is 0 Å². The van der Waals surface area contributed by atoms with Crippen LogP contribution in [0.15, 0.2) is 24.3 Å². The molecule has 0 radical (unpaired) electrons. The fourth-order valence-corrected chi connectivity index (χ4v) is 3.02. The Balaban J connectivity index is 1.79. The van der Waals surface area contributed by atoms with Gasteiger partial charge in [0.2, 0.25) is 0 Å². The van der Waals surface area contributed by atoms with Crippen molar-refractivity contribution in [3.8, 4) is 0 Å². The van der Waals surface area contributed by atoms with Gasteiger partial charge in [-0.1, -0.05) is 0 Å². The lowest BCUT2D eigenvalue weighted by atomic mass is 10.1. The summed E-state index contributed by atoms with van der Waals surface area (Å²) in [6, 6.07) is 8.61. The molecule has 1 aromatic heterocycles. The summed E-state index contributed by atoms with van der Waals surface area (Å²) in [6.45, 7) is 2.33. The minimum absolute atomic E-state index is 0.657. The van der Waals surface area contributed by atoms with Crippen molar-refractivity contribution in [3.63, 3.8) is 0 Å². The number of anilines is 2. The van der Waals surface area contributed by atoms with Crippen molar-refractivity contribution in [3.05, 3.63) is 30.0 Å². The van der Waals surface area contributed by atoms with E-state index >= 15 is 0 Å². The first kappa shape index (κ1) is 11.1. The molecule has 0 atom stereocenters. The fraction of sp³-hybridized carbons (Fsp3) is 0.438. The molecule has 19 heavy (non-hydrogen) atoms. The number of rotatable bonds is 2. The lowest BCUT2D eigenvalue weighted by Gasteiger charge is -2.18. The molecule has 4 rings (SSSR count). The van der Waals surface area contributed by atoms with Crippen LogP contribution in [0.1, 0.15) is 37.3 Å². The number of hydrogen-bond donors (Lipinski definition) is 1. The predicted octanol–water partition coefficient (Wildman–Crippen LogP) is 3.29. The number of pyridine rings is 1. The Kier molecular flexibility index (Phi) is 2.40. The third-order valence-electron chi connectivity index (χ3n) is 4.31. The molecule has 2 aliphatic rings. The van der Waals surface area contributed by atoms with E-state index in [0.717, 1.165) is 16.6 Å². The first-order valence-electron chi connectivity index (χ1n) is 7.26. The number of hydrogen-bond acceptors (Lipinski definition) is 3. The number of fused-ring (bicyclic) bond motifs is 1. The van der Waals surface area contributed by atoms with Crippen LogP contribution in [0.4, 0.5) is 11.4 Å². The normalized spacial score (nSPS) is 19.3. The highest BCUT2D eigenvalue weighted by Gasteiger charge is 2.25. The molecule has 0 bridgehead atoms. The van der Waals surface area contributed by atoms with Gasteiger partial charge in [0.15, 0.2) is 0 Å². The minimum atomic E-state index is 0.657. The van der Waals surface area contributed by atoms with E-state index in [1.165, 1.54) is 50.2 Å². The molecule has 1 saturated carbocycles. The maximum atomic E-state index is 6.23. The van der Waals surface area contributed by atoms with E-state index in [9.17, 15) is 0 Å². The van der Waals surface area contributed by atoms with Crippen molar-refractivity contribution in [1.82, 2.24) is 4.98 Å². The molecular formula is C16H19N3. The summed E-state index contributed by atoms with van der Waals surface area (Å²) < 4.78 is 0. The van der Waals surface area contributed by atoms with Gasteiger partial charge in [0.05, 0.1) is 5.52 Å². The second-order valence-electron chi connectivity index (χ2n) is 5.81. The summed E-state index contributed by atoms with van der Waals surface area (Å²) >= 11 is 0. The van der Waals surface area contributed by atoms with E-state index in [1.54, 1.807) is 0 Å². The van der Waals surface area contributed by atoms with Gasteiger partial charge in [-0.2, -0.15) is 0 Å². The minimum Gasteiger partial charge on any atom is -0.398 e. The van der Waals surface area contributed by atoms with Crippen LogP contribution in [0, 0.1) is 0 Å². The van der Waals surface area contributed by atoms with E-state index in [1.807, 2.05) is 0 Å². The molecular weight excluding hydrogens is 234 g/mol. The molecule has 2 heterocycles. The number of nitrogens with two attached hydrogens (primary N) is 1. The van der Waals surface area contributed by atoms with E-state index in [2.05, 4.69) is 29.2 Å². The molecule has 0 unspecified atom stereocenters. The smallest absolute Gasteiger partial charge is 0.0727 e. The van der Waals surface area contributed by atoms with Crippen LogP contribution in [-0.4, -0.2) is 18.1 Å². The maximum absolute atomic E-state index is 6.23. The molecule has 1 aliphatic heterocycles. The summed E-state index contributed by atoms with van der Waals surface area (Å²) in [4.78, 5) is 7.21. The van der Waals surface area contributed by atoms with Gasteiger partial charge in [-0.3, -0.25) is 4.98 Å². The maximum Gasteiger partial charge on any atom is 0.0727 e. The average Bonchev–Trinajstić information content (AvgIpc) is 3.14. The van der Waals surface area contributed by atoms with Crippen LogP contribution in [-0.2, 0) is 0 Å². The number of benzene rings is 1. The summed E-state index contributed by atoms with van der Waals surface area (Å²) in [5.74, 6) is 0.657. The van der Waals surface area contributed by atoms with Crippen LogP contribution >= 0.6 is 0 Å². The highest BCUT2D eigenvalue weighted by molar-refractivity contribution is 5.93. The summed E-state index contributed by atoms with van der Waals surface area (Å²) in [7, 11) is 0. The van der Waals surface area contributed by atoms with Crippen molar-refractivity contribution in [1.29, 1.82) is 0 Å². The van der Waals surface area contributed by atoms with E-state index in [-0.39, 0.29) is 0 Å². The monoisotopic (exact) mass is 253 g/mol. The topological polar surface area (TPSA) is 42.1 Å². The van der Waals surface area contributed by atoms with Gasteiger partial charge in [-0.05, 0) is 49.9 Å². The lowest BCUT2D eigenvalue weighted by Crippen LogP contribution is -2.17. The van der Waals surface area contributed by atoms with Gasteiger partial charge in [0, 0.05) is 41.5 Å². The Hall–Kier alpha value is -1.77. The SMILES string of the molecule is Nc1cc(C2CC2)nc2ccc(N3CCCC3)cc12. The van der Waals surface area contributed by atoms with Gasteiger partial charge in [-0.15, -0.1) is 0 Å². The Labute approximate surface area is 113 Å². The summed E-state index contributed by atoms with van der Waals surface area (Å²) in [5, 5.41) is 1.11. The fourth-order valence-electron chi connectivity index (χ4n) is 3.02. The molecule has 1 aromatic carbocycles. The Morgan fingerprint density at radius 1 is 1.11 bits per heavy atom. The number of nitrogen functional groups attached to an aromatic ring is 1. The average molecular weight is 253 g/mol. The predicted molar refractivity (Wildman–Crippen MR) is 79.6 cm³/mol. The molecule has 3 nitrogen and oxygen atoms in total. The Morgan fingerprint density at radius 2 is 1.89 bits per heavy atom. The van der Waals surface area contributed by atoms with E-state index < -0.39 is 0 Å². The van der Waals surface area contributed by atoms with Crippen molar-refractivity contribution in [2.45, 2.75) is 31.6 Å². The van der Waals surface area contributed by atoms with Crippen molar-refractivity contribution in [2.24, 2.45) is 0 Å². The third kappa shape index (κ3) is 1.93. The van der Waals surface area contributed by atoms with Crippen LogP contribution in [0.2, 0.25) is 0 Å². The van der Waals surface area contributed by atoms with Crippen molar-refractivity contribution < 1.29 is 0 Å². The second kappa shape index (κ2) is 4.12. The Morgan fingerprint density at radius 3 is 2.63 bits per heavy atom. The largest absolute Gasteiger partial charge is 0.398 e. The van der Waals surface area contributed by atoms with Gasteiger partial charge in [0.25, 0.3) is 0 Å². The summed E-state index contributed by atoms with van der Waals surface area (Å²) in [5.41, 5.74) is 10.6. The lowest BCUT2D eigenvalue weighted by molar-refractivity contribution is 0.949. The highest BCUT2D eigenvalue weighted by Crippen LogP contribution is 2.41. The van der Waals surface area contributed by atoms with Crippen molar-refractivity contribution >= 4 is 22.3 Å². The van der Waals surface area contributed by atoms with E-state index in [4.69, 9.17) is 10.7 Å². The second-order valence-corrected chi connectivity index (χ2v) is 5.81. The van der Waals surface area contributed by atoms with Crippen LogP contribution < -0.4 is 10.6 Å². The first-order chi connectivity index (χ1) is 9.31. The molecule has 0 spiro atoms. The van der Waals surface area contributed by atoms with Crippen LogP contribution in [0.5, 0.6) is 0 Å². The van der Waals surface area contributed by atoms with Gasteiger partial charge in [0.1, 0.15) is 0 Å². The molecule has 3 heteroatoms. The van der Waals surface area contributed by atoms with E-state index in [0.29, 0.717) is 5.92 Å². The molecule has 2 aromatic rings. The molecule has 2 N–H and O–H groups in total. The Bertz CT molecular complexity index is 625. The molecule has 2 fully saturated rings. The highest BCUT2D eigenvalue weighted by atomic mass is 15.1. The standard InChI is InChI=1S/C16H19N3/c17-14-10-16(11-3-4-11)18-15-6-5-12(9-13(14)15)19-7-1-2-8-19/h5-6,9-11H,1-4,7-8H2,(H2,17,18). The van der Waals surface area contributed by atoms with Crippen molar-refractivity contribution in [2.75, 3.05) is 23.7 Å². The van der Waals surface area contributed by atoms with Gasteiger partial charge >= 0.3 is 0 Å². The zero-order valence-corrected chi connectivity index (χ0v) is 11.1. The number of nitrogens with zero attached hydrogens (tertiary/aromatic N) is 2. The third-order valence-corrected chi connectivity index (χ3v) is 4.31. The number of aromatic nitrogens is 1. The molecule has 1 aliphatic carbocycles. The molecule has 0 amide bonds.